The van der Waals surface area contributed by atoms with Crippen LogP contribution < -0.4 is 10.6 Å². The fraction of sp³-hybridized carbons (Fsp3) is 0.625. The van der Waals surface area contributed by atoms with Crippen molar-refractivity contribution in [1.29, 1.82) is 0 Å². The first-order chi connectivity index (χ1) is 8.99. The van der Waals surface area contributed by atoms with E-state index in [0.717, 1.165) is 32.7 Å². The van der Waals surface area contributed by atoms with Gasteiger partial charge in [0.1, 0.15) is 0 Å². The van der Waals surface area contributed by atoms with E-state index in [4.69, 9.17) is 0 Å². The molecule has 0 amide bonds. The molecular formula is C16H27N3. The molecule has 0 spiro atoms. The van der Waals surface area contributed by atoms with Gasteiger partial charge in [-0.15, -0.1) is 0 Å². The number of benzene rings is 1. The molecule has 1 aromatic rings. The Balaban J connectivity index is 1.94. The van der Waals surface area contributed by atoms with Gasteiger partial charge in [0.05, 0.1) is 0 Å². The largest absolute Gasteiger partial charge is 0.383 e. The third kappa shape index (κ3) is 3.71. The monoisotopic (exact) mass is 261 g/mol. The maximum atomic E-state index is 3.59. The number of aryl methyl sites for hydroxylation is 2. The average Bonchev–Trinajstić information content (AvgIpc) is 2.41. The molecule has 2 N–H and O–H groups in total. The normalized spacial score (nSPS) is 17.5. The second kappa shape index (κ2) is 5.93. The predicted molar refractivity (Wildman–Crippen MR) is 82.9 cm³/mol. The van der Waals surface area contributed by atoms with Crippen LogP contribution in [0.3, 0.4) is 0 Å². The van der Waals surface area contributed by atoms with E-state index in [0.29, 0.717) is 0 Å². The van der Waals surface area contributed by atoms with Crippen LogP contribution in [0.1, 0.15) is 25.0 Å². The van der Waals surface area contributed by atoms with Crippen LogP contribution in [0, 0.1) is 13.8 Å². The summed E-state index contributed by atoms with van der Waals surface area (Å²) in [4.78, 5) is 2.57. The van der Waals surface area contributed by atoms with Gasteiger partial charge in [-0.2, -0.15) is 0 Å². The molecule has 0 radical (unpaired) electrons. The van der Waals surface area contributed by atoms with Crippen molar-refractivity contribution in [3.05, 3.63) is 29.3 Å². The molecule has 3 nitrogen and oxygen atoms in total. The number of piperazine rings is 1. The zero-order valence-electron chi connectivity index (χ0n) is 12.7. The van der Waals surface area contributed by atoms with E-state index in [1.54, 1.807) is 0 Å². The SMILES string of the molecule is Cc1ccc(NCC(C)(C)N2CCNCC2)cc1C. The molecule has 0 saturated carbocycles. The molecule has 2 rings (SSSR count). The summed E-state index contributed by atoms with van der Waals surface area (Å²) in [5.74, 6) is 0. The highest BCUT2D eigenvalue weighted by Crippen LogP contribution is 2.18. The van der Waals surface area contributed by atoms with Crippen molar-refractivity contribution in [2.45, 2.75) is 33.2 Å². The van der Waals surface area contributed by atoms with Crippen molar-refractivity contribution in [2.24, 2.45) is 0 Å². The van der Waals surface area contributed by atoms with Crippen LogP contribution in [-0.4, -0.2) is 43.2 Å². The maximum absolute atomic E-state index is 3.59. The summed E-state index contributed by atoms with van der Waals surface area (Å²) >= 11 is 0. The first-order valence-electron chi connectivity index (χ1n) is 7.26. The van der Waals surface area contributed by atoms with Crippen LogP contribution in [0.15, 0.2) is 18.2 Å². The van der Waals surface area contributed by atoms with Crippen molar-refractivity contribution in [2.75, 3.05) is 38.0 Å². The van der Waals surface area contributed by atoms with Crippen molar-refractivity contribution >= 4 is 5.69 Å². The molecule has 1 aliphatic rings. The Kier molecular flexibility index (Phi) is 4.48. The summed E-state index contributed by atoms with van der Waals surface area (Å²) in [6.45, 7) is 14.4. The molecule has 0 atom stereocenters. The molecule has 0 unspecified atom stereocenters. The van der Waals surface area contributed by atoms with Crippen LogP contribution in [0.25, 0.3) is 0 Å². The number of hydrogen-bond donors (Lipinski definition) is 2. The standard InChI is InChI=1S/C16H27N3/c1-13-5-6-15(11-14(13)2)18-12-16(3,4)19-9-7-17-8-10-19/h5-6,11,17-18H,7-10,12H2,1-4H3. The lowest BCUT2D eigenvalue weighted by atomic mass is 10.0. The van der Waals surface area contributed by atoms with Crippen LogP contribution >= 0.6 is 0 Å². The maximum Gasteiger partial charge on any atom is 0.0343 e. The second-order valence-corrected chi connectivity index (χ2v) is 6.20. The summed E-state index contributed by atoms with van der Waals surface area (Å²) in [5, 5.41) is 7.00. The third-order valence-corrected chi connectivity index (χ3v) is 4.21. The van der Waals surface area contributed by atoms with Gasteiger partial charge in [-0.1, -0.05) is 6.07 Å². The molecule has 0 bridgehead atoms. The van der Waals surface area contributed by atoms with Gasteiger partial charge in [0.15, 0.2) is 0 Å². The summed E-state index contributed by atoms with van der Waals surface area (Å²) in [5.41, 5.74) is 4.13. The Labute approximate surface area is 117 Å². The molecule has 1 heterocycles. The van der Waals surface area contributed by atoms with E-state index in [1.165, 1.54) is 16.8 Å². The van der Waals surface area contributed by atoms with Crippen LogP contribution in [0.5, 0.6) is 0 Å². The van der Waals surface area contributed by atoms with Crippen molar-refractivity contribution in [3.8, 4) is 0 Å². The Hall–Kier alpha value is -1.06. The molecule has 106 valence electrons. The second-order valence-electron chi connectivity index (χ2n) is 6.20. The molecule has 3 heteroatoms. The summed E-state index contributed by atoms with van der Waals surface area (Å²) in [6.07, 6.45) is 0. The van der Waals surface area contributed by atoms with Gasteiger partial charge in [-0.25, -0.2) is 0 Å². The van der Waals surface area contributed by atoms with Gasteiger partial charge >= 0.3 is 0 Å². The fourth-order valence-electron chi connectivity index (χ4n) is 2.55. The van der Waals surface area contributed by atoms with Gasteiger partial charge in [-0.3, -0.25) is 4.90 Å². The summed E-state index contributed by atoms with van der Waals surface area (Å²) < 4.78 is 0. The van der Waals surface area contributed by atoms with E-state index in [-0.39, 0.29) is 5.54 Å². The summed E-state index contributed by atoms with van der Waals surface area (Å²) in [7, 11) is 0. The predicted octanol–water partition coefficient (Wildman–Crippen LogP) is 2.40. The molecule has 1 saturated heterocycles. The Bertz CT molecular complexity index is 420. The Morgan fingerprint density at radius 1 is 1.16 bits per heavy atom. The van der Waals surface area contributed by atoms with E-state index in [9.17, 15) is 0 Å². The first-order valence-corrected chi connectivity index (χ1v) is 7.26. The molecule has 0 aromatic heterocycles. The lowest BCUT2D eigenvalue weighted by Crippen LogP contribution is -2.56. The minimum Gasteiger partial charge on any atom is -0.383 e. The molecule has 1 fully saturated rings. The van der Waals surface area contributed by atoms with E-state index in [1.807, 2.05) is 0 Å². The van der Waals surface area contributed by atoms with Gasteiger partial charge < -0.3 is 10.6 Å². The van der Waals surface area contributed by atoms with Crippen LogP contribution in [0.2, 0.25) is 0 Å². The quantitative estimate of drug-likeness (QED) is 0.871. The highest BCUT2D eigenvalue weighted by molar-refractivity contribution is 5.48. The molecule has 1 aromatic carbocycles. The first kappa shape index (κ1) is 14.4. The van der Waals surface area contributed by atoms with E-state index < -0.39 is 0 Å². The number of anilines is 1. The van der Waals surface area contributed by atoms with Crippen molar-refractivity contribution < 1.29 is 0 Å². The number of hydrogen-bond acceptors (Lipinski definition) is 3. The van der Waals surface area contributed by atoms with E-state index in [2.05, 4.69) is 61.4 Å². The number of nitrogens with one attached hydrogen (secondary N) is 2. The minimum atomic E-state index is 0.195. The van der Waals surface area contributed by atoms with Gasteiger partial charge in [0, 0.05) is 44.0 Å². The van der Waals surface area contributed by atoms with Crippen molar-refractivity contribution in [1.82, 2.24) is 10.2 Å². The van der Waals surface area contributed by atoms with E-state index >= 15 is 0 Å². The topological polar surface area (TPSA) is 27.3 Å². The Morgan fingerprint density at radius 2 is 1.84 bits per heavy atom. The third-order valence-electron chi connectivity index (χ3n) is 4.21. The van der Waals surface area contributed by atoms with Gasteiger partial charge in [0.2, 0.25) is 0 Å². The minimum absolute atomic E-state index is 0.195. The highest BCUT2D eigenvalue weighted by Gasteiger charge is 2.27. The van der Waals surface area contributed by atoms with Crippen molar-refractivity contribution in [3.63, 3.8) is 0 Å². The Morgan fingerprint density at radius 3 is 2.47 bits per heavy atom. The molecule has 19 heavy (non-hydrogen) atoms. The number of rotatable bonds is 4. The average molecular weight is 261 g/mol. The summed E-state index contributed by atoms with van der Waals surface area (Å²) in [6, 6.07) is 6.61. The lowest BCUT2D eigenvalue weighted by Gasteiger charge is -2.41. The zero-order valence-corrected chi connectivity index (χ0v) is 12.7. The smallest absolute Gasteiger partial charge is 0.0343 e. The lowest BCUT2D eigenvalue weighted by molar-refractivity contribution is 0.114. The fourth-order valence-corrected chi connectivity index (χ4v) is 2.55. The van der Waals surface area contributed by atoms with Gasteiger partial charge in [0.25, 0.3) is 0 Å². The number of nitrogens with zero attached hydrogens (tertiary/aromatic N) is 1. The van der Waals surface area contributed by atoms with Gasteiger partial charge in [-0.05, 0) is 51.0 Å². The highest BCUT2D eigenvalue weighted by atomic mass is 15.2. The molecule has 1 aliphatic heterocycles. The zero-order chi connectivity index (χ0) is 13.9. The van der Waals surface area contributed by atoms with Crippen LogP contribution in [-0.2, 0) is 0 Å². The molecule has 0 aliphatic carbocycles. The van der Waals surface area contributed by atoms with Crippen LogP contribution in [0.4, 0.5) is 5.69 Å². The molecular weight excluding hydrogens is 234 g/mol.